The summed E-state index contributed by atoms with van der Waals surface area (Å²) >= 11 is 1.82. The Balaban J connectivity index is 1.84. The van der Waals surface area contributed by atoms with E-state index in [1.54, 1.807) is 0 Å². The van der Waals surface area contributed by atoms with Crippen molar-refractivity contribution in [3.63, 3.8) is 0 Å². The van der Waals surface area contributed by atoms with E-state index >= 15 is 0 Å². The quantitative estimate of drug-likeness (QED) is 0.897. The van der Waals surface area contributed by atoms with Gasteiger partial charge in [-0.1, -0.05) is 6.42 Å². The van der Waals surface area contributed by atoms with E-state index in [9.17, 15) is 0 Å². The molecule has 1 aliphatic heterocycles. The molecule has 2 atom stereocenters. The molecule has 1 saturated heterocycles. The van der Waals surface area contributed by atoms with Gasteiger partial charge in [-0.05, 0) is 53.6 Å². The zero-order valence-corrected chi connectivity index (χ0v) is 13.5. The van der Waals surface area contributed by atoms with Crippen molar-refractivity contribution >= 4 is 11.3 Å². The molecule has 0 amide bonds. The largest absolute Gasteiger partial charge is 0.306 e. The second kappa shape index (κ2) is 6.82. The van der Waals surface area contributed by atoms with Gasteiger partial charge in [-0.15, -0.1) is 11.3 Å². The van der Waals surface area contributed by atoms with Crippen LogP contribution >= 0.6 is 11.3 Å². The summed E-state index contributed by atoms with van der Waals surface area (Å²) in [5.74, 6) is 0. The predicted octanol–water partition coefficient (Wildman–Crippen LogP) is 3.28. The lowest BCUT2D eigenvalue weighted by atomic mass is 10.1. The van der Waals surface area contributed by atoms with Crippen molar-refractivity contribution < 1.29 is 0 Å². The summed E-state index contributed by atoms with van der Waals surface area (Å²) in [7, 11) is 0. The summed E-state index contributed by atoms with van der Waals surface area (Å²) < 4.78 is 0. The van der Waals surface area contributed by atoms with Gasteiger partial charge in [-0.3, -0.25) is 0 Å². The van der Waals surface area contributed by atoms with E-state index in [0.29, 0.717) is 12.1 Å². The Bertz CT molecular complexity index is 396. The van der Waals surface area contributed by atoms with Crippen LogP contribution in [-0.4, -0.2) is 35.6 Å². The Morgan fingerprint density at radius 2 is 1.89 bits per heavy atom. The van der Waals surface area contributed by atoms with Gasteiger partial charge in [0, 0.05) is 23.5 Å². The average Bonchev–Trinajstić information content (AvgIpc) is 2.69. The molecule has 1 aromatic heterocycles. The summed E-state index contributed by atoms with van der Waals surface area (Å²) in [5, 5.41) is 4.90. The molecule has 0 spiro atoms. The molecule has 1 aromatic rings. The number of aryl methyl sites for hydroxylation is 2. The highest BCUT2D eigenvalue weighted by Crippen LogP contribution is 2.24. The van der Waals surface area contributed by atoms with E-state index in [4.69, 9.17) is 0 Å². The van der Waals surface area contributed by atoms with Crippen LogP contribution < -0.4 is 5.32 Å². The number of rotatable bonds is 5. The van der Waals surface area contributed by atoms with Crippen LogP contribution in [0.3, 0.4) is 0 Å². The van der Waals surface area contributed by atoms with Gasteiger partial charge in [-0.25, -0.2) is 4.98 Å². The molecule has 1 aliphatic rings. The second-order valence-electron chi connectivity index (χ2n) is 5.83. The highest BCUT2D eigenvalue weighted by atomic mass is 32.1. The Hall–Kier alpha value is -0.450. The van der Waals surface area contributed by atoms with E-state index in [2.05, 4.69) is 42.9 Å². The fraction of sp³-hybridized carbons (Fsp3) is 0.800. The van der Waals surface area contributed by atoms with Gasteiger partial charge in [-0.2, -0.15) is 0 Å². The molecular formula is C15H27N3S. The van der Waals surface area contributed by atoms with E-state index in [1.807, 2.05) is 11.3 Å². The van der Waals surface area contributed by atoms with Gasteiger partial charge in [0.25, 0.3) is 0 Å². The van der Waals surface area contributed by atoms with Crippen LogP contribution in [0.5, 0.6) is 0 Å². The Morgan fingerprint density at radius 3 is 2.47 bits per heavy atom. The van der Waals surface area contributed by atoms with Gasteiger partial charge in [0.15, 0.2) is 0 Å². The Morgan fingerprint density at radius 1 is 1.21 bits per heavy atom. The maximum absolute atomic E-state index is 4.52. The first-order chi connectivity index (χ1) is 9.06. The lowest BCUT2D eigenvalue weighted by Gasteiger charge is -2.30. The Labute approximate surface area is 121 Å². The number of thiazole rings is 1. The zero-order valence-electron chi connectivity index (χ0n) is 12.7. The lowest BCUT2D eigenvalue weighted by Crippen LogP contribution is -2.42. The molecule has 2 unspecified atom stereocenters. The van der Waals surface area contributed by atoms with Crippen molar-refractivity contribution in [2.75, 3.05) is 19.6 Å². The van der Waals surface area contributed by atoms with Gasteiger partial charge >= 0.3 is 0 Å². The van der Waals surface area contributed by atoms with E-state index in [-0.39, 0.29) is 0 Å². The standard InChI is InChI=1S/C15H27N3S/c1-11(10-18-8-6-5-7-9-18)16-12(2)15-13(3)17-14(4)19-15/h11-12,16H,5-10H2,1-4H3. The highest BCUT2D eigenvalue weighted by molar-refractivity contribution is 7.11. The van der Waals surface area contributed by atoms with Gasteiger partial charge in [0.05, 0.1) is 10.7 Å². The molecule has 3 nitrogen and oxygen atoms in total. The number of hydrogen-bond acceptors (Lipinski definition) is 4. The van der Waals surface area contributed by atoms with E-state index in [1.165, 1.54) is 54.5 Å². The molecule has 0 saturated carbocycles. The molecule has 0 radical (unpaired) electrons. The average molecular weight is 281 g/mol. The molecule has 0 aromatic carbocycles. The number of nitrogens with zero attached hydrogens (tertiary/aromatic N) is 2. The molecule has 2 rings (SSSR count). The fourth-order valence-corrected chi connectivity index (χ4v) is 3.97. The number of piperidine rings is 1. The SMILES string of the molecule is Cc1nc(C)c(C(C)NC(C)CN2CCCCC2)s1. The second-order valence-corrected chi connectivity index (χ2v) is 7.07. The summed E-state index contributed by atoms with van der Waals surface area (Å²) in [6, 6.07) is 0.945. The highest BCUT2D eigenvalue weighted by Gasteiger charge is 2.17. The van der Waals surface area contributed by atoms with E-state index < -0.39 is 0 Å². The summed E-state index contributed by atoms with van der Waals surface area (Å²) in [6.45, 7) is 12.5. The number of nitrogens with one attached hydrogen (secondary N) is 1. The molecule has 4 heteroatoms. The molecule has 0 bridgehead atoms. The first kappa shape index (κ1) is 14.9. The molecule has 1 fully saturated rings. The minimum Gasteiger partial charge on any atom is -0.306 e. The maximum atomic E-state index is 4.52. The first-order valence-electron chi connectivity index (χ1n) is 7.48. The zero-order chi connectivity index (χ0) is 13.8. The summed E-state index contributed by atoms with van der Waals surface area (Å²) in [6.07, 6.45) is 4.15. The van der Waals surface area contributed by atoms with Gasteiger partial charge in [0.2, 0.25) is 0 Å². The van der Waals surface area contributed by atoms with Crippen molar-refractivity contribution in [1.29, 1.82) is 0 Å². The predicted molar refractivity (Wildman–Crippen MR) is 82.9 cm³/mol. The minimum atomic E-state index is 0.408. The van der Waals surface area contributed by atoms with Crippen molar-refractivity contribution in [2.24, 2.45) is 0 Å². The van der Waals surface area contributed by atoms with Crippen LogP contribution in [0, 0.1) is 13.8 Å². The van der Waals surface area contributed by atoms with Crippen LogP contribution in [0.2, 0.25) is 0 Å². The Kier molecular flexibility index (Phi) is 5.37. The smallest absolute Gasteiger partial charge is 0.0900 e. The summed E-state index contributed by atoms with van der Waals surface area (Å²) in [4.78, 5) is 8.51. The number of aromatic nitrogens is 1. The van der Waals surface area contributed by atoms with Crippen molar-refractivity contribution in [3.8, 4) is 0 Å². The maximum Gasteiger partial charge on any atom is 0.0900 e. The third-order valence-electron chi connectivity index (χ3n) is 3.85. The third kappa shape index (κ3) is 4.26. The third-order valence-corrected chi connectivity index (χ3v) is 5.10. The van der Waals surface area contributed by atoms with Gasteiger partial charge < -0.3 is 10.2 Å². The molecule has 19 heavy (non-hydrogen) atoms. The lowest BCUT2D eigenvalue weighted by molar-refractivity contribution is 0.205. The van der Waals surface area contributed by atoms with E-state index in [0.717, 1.165) is 0 Å². The summed E-state index contributed by atoms with van der Waals surface area (Å²) in [5.41, 5.74) is 1.19. The molecule has 2 heterocycles. The molecule has 1 N–H and O–H groups in total. The van der Waals surface area contributed by atoms with Crippen LogP contribution in [0.4, 0.5) is 0 Å². The van der Waals surface area contributed by atoms with Crippen LogP contribution in [0.1, 0.15) is 54.7 Å². The molecule has 108 valence electrons. The number of likely N-dealkylation sites (tertiary alicyclic amines) is 1. The minimum absolute atomic E-state index is 0.408. The van der Waals surface area contributed by atoms with Gasteiger partial charge in [0.1, 0.15) is 0 Å². The fourth-order valence-electron chi connectivity index (χ4n) is 3.03. The van der Waals surface area contributed by atoms with Crippen molar-refractivity contribution in [2.45, 2.75) is 59.0 Å². The molecular weight excluding hydrogens is 254 g/mol. The monoisotopic (exact) mass is 281 g/mol. The van der Waals surface area contributed by atoms with Crippen LogP contribution in [0.25, 0.3) is 0 Å². The van der Waals surface area contributed by atoms with Crippen molar-refractivity contribution in [1.82, 2.24) is 15.2 Å². The topological polar surface area (TPSA) is 28.2 Å². The number of hydrogen-bond donors (Lipinski definition) is 1. The first-order valence-corrected chi connectivity index (χ1v) is 8.30. The normalized spacial score (nSPS) is 20.4. The van der Waals surface area contributed by atoms with Crippen LogP contribution in [0.15, 0.2) is 0 Å². The van der Waals surface area contributed by atoms with Crippen molar-refractivity contribution in [3.05, 3.63) is 15.6 Å². The van der Waals surface area contributed by atoms with Crippen LogP contribution in [-0.2, 0) is 0 Å². The molecule has 0 aliphatic carbocycles.